The third kappa shape index (κ3) is 5.17. The van der Waals surface area contributed by atoms with E-state index in [-0.39, 0.29) is 35.3 Å². The molecular weight excluding hydrogens is 554 g/mol. The van der Waals surface area contributed by atoms with Crippen LogP contribution in [0.2, 0.25) is 0 Å². The molecule has 1 N–H and O–H groups in total. The van der Waals surface area contributed by atoms with E-state index < -0.39 is 29.7 Å². The van der Waals surface area contributed by atoms with Crippen LogP contribution in [-0.4, -0.2) is 39.3 Å². The molecule has 1 aliphatic heterocycles. The highest BCUT2D eigenvalue weighted by molar-refractivity contribution is 7.15. The summed E-state index contributed by atoms with van der Waals surface area (Å²) >= 11 is 1.42. The number of fused-ring (bicyclic) bond motifs is 2. The van der Waals surface area contributed by atoms with Crippen molar-refractivity contribution in [1.29, 1.82) is 0 Å². The molecule has 1 fully saturated rings. The Bertz CT molecular complexity index is 1710. The van der Waals surface area contributed by atoms with Gasteiger partial charge in [0.1, 0.15) is 12.2 Å². The number of pyridine rings is 1. The SMILES string of the molecule is CC1Cc2sc(-c3ccc4c(=O)c(C(=O)O)cn(C5CC5)c4c3OC(F)F)cc2CN1C(=O)OCc1ccccc1. The molecule has 41 heavy (non-hydrogen) atoms. The van der Waals surface area contributed by atoms with E-state index in [9.17, 15) is 28.3 Å². The van der Waals surface area contributed by atoms with Crippen molar-refractivity contribution in [2.24, 2.45) is 0 Å². The van der Waals surface area contributed by atoms with Crippen LogP contribution in [0.15, 0.2) is 59.5 Å². The van der Waals surface area contributed by atoms with Gasteiger partial charge >= 0.3 is 18.7 Å². The summed E-state index contributed by atoms with van der Waals surface area (Å²) in [7, 11) is 0. The number of hydrogen-bond donors (Lipinski definition) is 1. The van der Waals surface area contributed by atoms with Crippen molar-refractivity contribution < 1.29 is 33.0 Å². The lowest BCUT2D eigenvalue weighted by atomic mass is 10.0. The zero-order valence-corrected chi connectivity index (χ0v) is 22.8. The normalized spacial score (nSPS) is 16.6. The highest BCUT2D eigenvalue weighted by atomic mass is 32.1. The zero-order chi connectivity index (χ0) is 28.8. The van der Waals surface area contributed by atoms with Gasteiger partial charge in [0.15, 0.2) is 5.75 Å². The van der Waals surface area contributed by atoms with E-state index in [1.807, 2.05) is 43.3 Å². The molecule has 0 spiro atoms. The van der Waals surface area contributed by atoms with Crippen molar-refractivity contribution in [1.82, 2.24) is 9.47 Å². The van der Waals surface area contributed by atoms with E-state index in [1.165, 1.54) is 29.7 Å². The van der Waals surface area contributed by atoms with Crippen LogP contribution < -0.4 is 10.2 Å². The fraction of sp³-hybridized carbons (Fsp3) is 0.300. The van der Waals surface area contributed by atoms with Crippen LogP contribution in [0.25, 0.3) is 21.3 Å². The summed E-state index contributed by atoms with van der Waals surface area (Å²) in [5.41, 5.74) is 1.13. The molecule has 6 rings (SSSR count). The minimum absolute atomic E-state index is 0.0125. The Morgan fingerprint density at radius 1 is 1.15 bits per heavy atom. The molecule has 8 nitrogen and oxygen atoms in total. The van der Waals surface area contributed by atoms with E-state index in [0.717, 1.165) is 28.8 Å². The molecule has 1 aliphatic carbocycles. The summed E-state index contributed by atoms with van der Waals surface area (Å²) in [6.07, 6.45) is 2.82. The number of carbonyl (C=O) groups is 2. The third-order valence-corrected chi connectivity index (χ3v) is 8.71. The average Bonchev–Trinajstić information content (AvgIpc) is 3.71. The number of halogens is 2. The largest absolute Gasteiger partial charge is 0.477 e. The first-order valence-corrected chi connectivity index (χ1v) is 14.0. The van der Waals surface area contributed by atoms with Crippen molar-refractivity contribution in [2.45, 2.75) is 58.0 Å². The van der Waals surface area contributed by atoms with Crippen LogP contribution >= 0.6 is 11.3 Å². The Morgan fingerprint density at radius 3 is 2.59 bits per heavy atom. The van der Waals surface area contributed by atoms with E-state index >= 15 is 0 Å². The number of aromatic nitrogens is 1. The first-order chi connectivity index (χ1) is 19.7. The number of aromatic carboxylic acids is 1. The lowest BCUT2D eigenvalue weighted by Gasteiger charge is -2.32. The Morgan fingerprint density at radius 2 is 1.90 bits per heavy atom. The Kier molecular flexibility index (Phi) is 6.98. The van der Waals surface area contributed by atoms with Gasteiger partial charge in [0, 0.05) is 40.0 Å². The molecule has 3 heterocycles. The van der Waals surface area contributed by atoms with Gasteiger partial charge in [-0.05, 0) is 49.1 Å². The van der Waals surface area contributed by atoms with Gasteiger partial charge < -0.3 is 24.0 Å². The predicted molar refractivity (Wildman–Crippen MR) is 149 cm³/mol. The molecule has 212 valence electrons. The van der Waals surface area contributed by atoms with Crippen molar-refractivity contribution >= 4 is 34.3 Å². The van der Waals surface area contributed by atoms with E-state index in [0.29, 0.717) is 23.4 Å². The standard InChI is InChI=1S/C30H26F2N2O6S/c1-16-11-23-18(13-33(16)30(38)39-15-17-5-3-2-4-6-17)12-24(41-23)20-9-10-21-25(27(20)40-29(31)32)34(19-7-8-19)14-22(26(21)35)28(36)37/h2-6,9-10,12,14,16,19,29H,7-8,11,13,15H2,1H3,(H,36,37). The number of alkyl halides is 2. The number of ether oxygens (including phenoxy) is 2. The maximum Gasteiger partial charge on any atom is 0.410 e. The second-order valence-electron chi connectivity index (χ2n) is 10.3. The maximum atomic E-state index is 13.8. The number of thiophene rings is 1. The second kappa shape index (κ2) is 10.6. The van der Waals surface area contributed by atoms with Crippen LogP contribution in [0.4, 0.5) is 13.6 Å². The van der Waals surface area contributed by atoms with Crippen molar-refractivity contribution in [3.8, 4) is 16.2 Å². The van der Waals surface area contributed by atoms with Crippen LogP contribution in [-0.2, 0) is 24.3 Å². The first kappa shape index (κ1) is 26.9. The van der Waals surface area contributed by atoms with Gasteiger partial charge in [-0.3, -0.25) is 4.79 Å². The fourth-order valence-electron chi connectivity index (χ4n) is 5.28. The van der Waals surface area contributed by atoms with E-state index in [2.05, 4.69) is 0 Å². The quantitative estimate of drug-likeness (QED) is 0.270. The molecule has 1 unspecified atom stereocenters. The minimum atomic E-state index is -3.16. The van der Waals surface area contributed by atoms with Gasteiger partial charge in [-0.1, -0.05) is 30.3 Å². The minimum Gasteiger partial charge on any atom is -0.477 e. The van der Waals surface area contributed by atoms with Crippen LogP contribution in [0, 0.1) is 0 Å². The summed E-state index contributed by atoms with van der Waals surface area (Å²) in [6.45, 7) is -0.774. The Balaban J connectivity index is 1.37. The smallest absolute Gasteiger partial charge is 0.410 e. The predicted octanol–water partition coefficient (Wildman–Crippen LogP) is 6.45. The molecule has 1 atom stereocenters. The van der Waals surface area contributed by atoms with Crippen LogP contribution in [0.5, 0.6) is 5.75 Å². The summed E-state index contributed by atoms with van der Waals surface area (Å²) in [5.74, 6) is -1.54. The number of rotatable bonds is 7. The fourth-order valence-corrected chi connectivity index (χ4v) is 6.60. The van der Waals surface area contributed by atoms with Gasteiger partial charge in [-0.2, -0.15) is 8.78 Å². The third-order valence-electron chi connectivity index (χ3n) is 7.48. The maximum absolute atomic E-state index is 13.8. The molecule has 11 heteroatoms. The number of hydrogen-bond acceptors (Lipinski definition) is 6. The number of benzene rings is 2. The Hall–Kier alpha value is -4.25. The zero-order valence-electron chi connectivity index (χ0n) is 22.0. The summed E-state index contributed by atoms with van der Waals surface area (Å²) < 4.78 is 39.7. The van der Waals surface area contributed by atoms with E-state index in [1.54, 1.807) is 9.47 Å². The number of carbonyl (C=O) groups excluding carboxylic acids is 1. The van der Waals surface area contributed by atoms with Gasteiger partial charge in [-0.25, -0.2) is 9.59 Å². The highest BCUT2D eigenvalue weighted by Crippen LogP contribution is 2.46. The average molecular weight is 581 g/mol. The van der Waals surface area contributed by atoms with Crippen molar-refractivity contribution in [2.75, 3.05) is 0 Å². The first-order valence-electron chi connectivity index (χ1n) is 13.2. The van der Waals surface area contributed by atoms with Crippen molar-refractivity contribution in [3.05, 3.63) is 86.5 Å². The van der Waals surface area contributed by atoms with Gasteiger partial charge in [0.05, 0.1) is 17.4 Å². The second-order valence-corrected chi connectivity index (χ2v) is 11.4. The topological polar surface area (TPSA) is 98.1 Å². The molecule has 1 saturated carbocycles. The number of carboxylic acids is 1. The van der Waals surface area contributed by atoms with Gasteiger partial charge in [-0.15, -0.1) is 11.3 Å². The summed E-state index contributed by atoms with van der Waals surface area (Å²) in [5, 5.41) is 9.58. The van der Waals surface area contributed by atoms with Crippen LogP contribution in [0.3, 0.4) is 0 Å². The molecular formula is C30H26F2N2O6S. The molecule has 2 aromatic carbocycles. The molecule has 0 radical (unpaired) electrons. The van der Waals surface area contributed by atoms with Gasteiger partial charge in [0.2, 0.25) is 5.43 Å². The summed E-state index contributed by atoms with van der Waals surface area (Å²) in [4.78, 5) is 41.0. The van der Waals surface area contributed by atoms with Gasteiger partial charge in [0.25, 0.3) is 0 Å². The lowest BCUT2D eigenvalue weighted by molar-refractivity contribution is -0.0486. The monoisotopic (exact) mass is 580 g/mol. The molecule has 2 aromatic heterocycles. The number of carboxylic acid groups (broad SMARTS) is 1. The molecule has 0 saturated heterocycles. The van der Waals surface area contributed by atoms with E-state index in [4.69, 9.17) is 9.47 Å². The molecule has 1 amide bonds. The van der Waals surface area contributed by atoms with Crippen molar-refractivity contribution in [3.63, 3.8) is 0 Å². The molecule has 0 bridgehead atoms. The summed E-state index contributed by atoms with van der Waals surface area (Å²) in [6, 6.07) is 14.0. The van der Waals surface area contributed by atoms with Crippen LogP contribution in [0.1, 0.15) is 52.2 Å². The molecule has 4 aromatic rings. The number of amides is 1. The highest BCUT2D eigenvalue weighted by Gasteiger charge is 2.32. The lowest BCUT2D eigenvalue weighted by Crippen LogP contribution is -2.42. The molecule has 2 aliphatic rings. The number of nitrogens with zero attached hydrogens (tertiary/aromatic N) is 2. The Labute approximate surface area is 237 Å².